The van der Waals surface area contributed by atoms with Crippen LogP contribution >= 0.6 is 0 Å². The normalized spacial score (nSPS) is 14.9. The van der Waals surface area contributed by atoms with Crippen molar-refractivity contribution in [3.05, 3.63) is 93.8 Å². The van der Waals surface area contributed by atoms with Crippen molar-refractivity contribution in [1.82, 2.24) is 14.7 Å². The Bertz CT molecular complexity index is 1800. The van der Waals surface area contributed by atoms with Crippen molar-refractivity contribution in [2.75, 3.05) is 38.2 Å². The van der Waals surface area contributed by atoms with Crippen LogP contribution in [0, 0.1) is 6.92 Å². The lowest BCUT2D eigenvalue weighted by Crippen LogP contribution is -2.38. The standard InChI is InChI=1S/C32H32N4O5/c1-20-15-25(21(2)33-28-6-4-3-5-24(28)32(38)39)31-26(16-20)29(37)18-30(41-31)22-7-8-27-23(17-22)19-36(34-27)10-9-35-11-13-40-14-12-35/h3-8,15-19,21,33H,9-14H2,1-2H3,(H,38,39)/t21-/m0/s1. The number of anilines is 1. The van der Waals surface area contributed by atoms with Gasteiger partial charge in [-0.2, -0.15) is 5.10 Å². The second-order valence-electron chi connectivity index (χ2n) is 10.5. The Labute approximate surface area is 237 Å². The van der Waals surface area contributed by atoms with Crippen LogP contribution < -0.4 is 10.7 Å². The van der Waals surface area contributed by atoms with Gasteiger partial charge in [0.15, 0.2) is 5.43 Å². The van der Waals surface area contributed by atoms with Crippen LogP contribution in [0.25, 0.3) is 33.2 Å². The Morgan fingerprint density at radius 2 is 1.88 bits per heavy atom. The summed E-state index contributed by atoms with van der Waals surface area (Å²) in [5.41, 5.74) is 4.37. The highest BCUT2D eigenvalue weighted by Gasteiger charge is 2.19. The summed E-state index contributed by atoms with van der Waals surface area (Å²) in [5, 5.41) is 19.1. The minimum Gasteiger partial charge on any atom is -0.478 e. The highest BCUT2D eigenvalue weighted by Crippen LogP contribution is 2.32. The van der Waals surface area contributed by atoms with E-state index in [0.717, 1.165) is 67.0 Å². The number of nitrogens with zero attached hydrogens (tertiary/aromatic N) is 3. The number of nitrogens with one attached hydrogen (secondary N) is 1. The monoisotopic (exact) mass is 552 g/mol. The van der Waals surface area contributed by atoms with E-state index in [9.17, 15) is 14.7 Å². The lowest BCUT2D eigenvalue weighted by Gasteiger charge is -2.26. The van der Waals surface area contributed by atoms with Crippen molar-refractivity contribution < 1.29 is 19.1 Å². The molecular weight excluding hydrogens is 520 g/mol. The average Bonchev–Trinajstić information content (AvgIpc) is 3.39. The molecule has 2 N–H and O–H groups in total. The van der Waals surface area contributed by atoms with Crippen molar-refractivity contribution in [1.29, 1.82) is 0 Å². The van der Waals surface area contributed by atoms with Gasteiger partial charge in [0.05, 0.1) is 42.3 Å². The average molecular weight is 553 g/mol. The number of carboxylic acids is 1. The summed E-state index contributed by atoms with van der Waals surface area (Å²) in [4.78, 5) is 27.4. The molecule has 0 radical (unpaired) electrons. The first-order valence-electron chi connectivity index (χ1n) is 13.8. The zero-order chi connectivity index (χ0) is 28.5. The molecule has 0 bridgehead atoms. The number of hydrogen-bond donors (Lipinski definition) is 2. The fourth-order valence-electron chi connectivity index (χ4n) is 5.42. The molecule has 5 aromatic rings. The molecule has 0 aliphatic carbocycles. The van der Waals surface area contributed by atoms with Gasteiger partial charge < -0.3 is 19.6 Å². The van der Waals surface area contributed by atoms with Crippen LogP contribution in [0.1, 0.15) is 34.5 Å². The maximum absolute atomic E-state index is 13.3. The number of carbonyl (C=O) groups is 1. The molecule has 1 aliphatic heterocycles. The molecule has 6 rings (SSSR count). The van der Waals surface area contributed by atoms with Crippen molar-refractivity contribution in [3.8, 4) is 11.3 Å². The Kier molecular flexibility index (Phi) is 7.30. The molecule has 41 heavy (non-hydrogen) atoms. The van der Waals surface area contributed by atoms with E-state index in [1.807, 2.05) is 55.1 Å². The molecule has 1 fully saturated rings. The summed E-state index contributed by atoms with van der Waals surface area (Å²) in [5.74, 6) is -0.545. The van der Waals surface area contributed by atoms with E-state index in [1.54, 1.807) is 24.3 Å². The van der Waals surface area contributed by atoms with Gasteiger partial charge in [-0.1, -0.05) is 18.2 Å². The van der Waals surface area contributed by atoms with E-state index in [0.29, 0.717) is 22.4 Å². The Balaban J connectivity index is 1.33. The van der Waals surface area contributed by atoms with Crippen LogP contribution in [0.5, 0.6) is 0 Å². The number of aromatic nitrogens is 2. The zero-order valence-corrected chi connectivity index (χ0v) is 23.1. The number of aryl methyl sites for hydroxylation is 1. The minimum absolute atomic E-state index is 0.134. The van der Waals surface area contributed by atoms with Crippen LogP contribution in [0.3, 0.4) is 0 Å². The summed E-state index contributed by atoms with van der Waals surface area (Å²) in [7, 11) is 0. The molecule has 2 aromatic heterocycles. The van der Waals surface area contributed by atoms with Gasteiger partial charge in [0.1, 0.15) is 11.3 Å². The van der Waals surface area contributed by atoms with E-state index in [2.05, 4.69) is 10.2 Å². The number of fused-ring (bicyclic) bond motifs is 2. The summed E-state index contributed by atoms with van der Waals surface area (Å²) in [6, 6.07) is 17.6. The van der Waals surface area contributed by atoms with Crippen LogP contribution in [0.4, 0.5) is 5.69 Å². The van der Waals surface area contributed by atoms with Gasteiger partial charge in [0, 0.05) is 54.1 Å². The van der Waals surface area contributed by atoms with Gasteiger partial charge >= 0.3 is 5.97 Å². The number of rotatable bonds is 8. The number of aromatic carboxylic acids is 1. The van der Waals surface area contributed by atoms with E-state index >= 15 is 0 Å². The fraction of sp³-hybridized carbons (Fsp3) is 0.281. The molecule has 0 saturated carbocycles. The minimum atomic E-state index is -1.01. The van der Waals surface area contributed by atoms with Crippen LogP contribution in [-0.4, -0.2) is 58.6 Å². The smallest absolute Gasteiger partial charge is 0.337 e. The van der Waals surface area contributed by atoms with E-state index in [4.69, 9.17) is 14.3 Å². The zero-order valence-electron chi connectivity index (χ0n) is 23.1. The lowest BCUT2D eigenvalue weighted by atomic mass is 10.00. The molecule has 3 heterocycles. The third-order valence-corrected chi connectivity index (χ3v) is 7.58. The van der Waals surface area contributed by atoms with E-state index < -0.39 is 5.97 Å². The number of ether oxygens (including phenoxy) is 1. The maximum atomic E-state index is 13.3. The van der Waals surface area contributed by atoms with Gasteiger partial charge in [0.25, 0.3) is 0 Å². The molecule has 1 atom stereocenters. The summed E-state index contributed by atoms with van der Waals surface area (Å²) in [6.45, 7) is 8.97. The van der Waals surface area contributed by atoms with Gasteiger partial charge in [0.2, 0.25) is 0 Å². The van der Waals surface area contributed by atoms with Crippen LogP contribution in [-0.2, 0) is 11.3 Å². The molecule has 3 aromatic carbocycles. The van der Waals surface area contributed by atoms with Crippen molar-refractivity contribution in [2.45, 2.75) is 26.4 Å². The lowest BCUT2D eigenvalue weighted by molar-refractivity contribution is 0.0360. The van der Waals surface area contributed by atoms with Gasteiger partial charge in [-0.15, -0.1) is 0 Å². The van der Waals surface area contributed by atoms with Crippen LogP contribution in [0.2, 0.25) is 0 Å². The van der Waals surface area contributed by atoms with Crippen molar-refractivity contribution in [2.24, 2.45) is 0 Å². The van der Waals surface area contributed by atoms with E-state index in [1.165, 1.54) is 6.07 Å². The van der Waals surface area contributed by atoms with Gasteiger partial charge in [-0.25, -0.2) is 4.79 Å². The molecule has 210 valence electrons. The first-order chi connectivity index (χ1) is 19.9. The quantitative estimate of drug-likeness (QED) is 0.266. The summed E-state index contributed by atoms with van der Waals surface area (Å²) >= 11 is 0. The Morgan fingerprint density at radius 1 is 1.07 bits per heavy atom. The highest BCUT2D eigenvalue weighted by atomic mass is 16.5. The molecule has 9 nitrogen and oxygen atoms in total. The second kappa shape index (κ2) is 11.2. The van der Waals surface area contributed by atoms with Crippen LogP contribution in [0.15, 0.2) is 76.1 Å². The largest absolute Gasteiger partial charge is 0.478 e. The van der Waals surface area contributed by atoms with Crippen molar-refractivity contribution >= 4 is 33.5 Å². The topological polar surface area (TPSA) is 110 Å². The summed E-state index contributed by atoms with van der Waals surface area (Å²) < 4.78 is 13.8. The Hall–Kier alpha value is -4.47. The number of benzene rings is 3. The second-order valence-corrected chi connectivity index (χ2v) is 10.5. The molecule has 0 unspecified atom stereocenters. The van der Waals surface area contributed by atoms with Crippen molar-refractivity contribution in [3.63, 3.8) is 0 Å². The molecule has 0 spiro atoms. The number of carboxylic acid groups (broad SMARTS) is 1. The predicted octanol–water partition coefficient (Wildman–Crippen LogP) is 5.32. The molecular formula is C32H32N4O5. The number of para-hydroxylation sites is 1. The molecule has 1 saturated heterocycles. The third kappa shape index (κ3) is 5.59. The number of hydrogen-bond acceptors (Lipinski definition) is 7. The number of morpholine rings is 1. The maximum Gasteiger partial charge on any atom is 0.337 e. The first-order valence-corrected chi connectivity index (χ1v) is 13.8. The summed E-state index contributed by atoms with van der Waals surface area (Å²) in [6.07, 6.45) is 2.03. The highest BCUT2D eigenvalue weighted by molar-refractivity contribution is 5.94. The van der Waals surface area contributed by atoms with E-state index in [-0.39, 0.29) is 17.0 Å². The molecule has 0 amide bonds. The van der Waals surface area contributed by atoms with Gasteiger partial charge in [-0.05, 0) is 55.8 Å². The first kappa shape index (κ1) is 26.7. The molecule has 1 aliphatic rings. The Morgan fingerprint density at radius 3 is 2.68 bits per heavy atom. The van der Waals surface area contributed by atoms with Gasteiger partial charge in [-0.3, -0.25) is 14.4 Å². The fourth-order valence-corrected chi connectivity index (χ4v) is 5.42. The third-order valence-electron chi connectivity index (χ3n) is 7.58. The molecule has 9 heteroatoms. The SMILES string of the molecule is Cc1cc([C@H](C)Nc2ccccc2C(=O)O)c2oc(-c3ccc4nn(CCN5CCOCC5)cc4c3)cc(=O)c2c1. The predicted molar refractivity (Wildman–Crippen MR) is 159 cm³/mol.